The largest absolute Gasteiger partial charge is 0.379 e. The molecule has 0 heterocycles. The molecule has 0 radical (unpaired) electrons. The molecule has 0 fully saturated rings. The van der Waals surface area contributed by atoms with Gasteiger partial charge in [-0.3, -0.25) is 5.32 Å². The summed E-state index contributed by atoms with van der Waals surface area (Å²) in [5.74, 6) is 0. The number of nitrogens with one attached hydrogen (secondary N) is 1. The number of aliphatic hydroxyl groups excluding tert-OH is 1. The Morgan fingerprint density at radius 1 is 1.40 bits per heavy atom. The number of hydrogen-bond acceptors (Lipinski definition) is 2. The Bertz CT molecular complexity index is 61.6. The highest BCUT2D eigenvalue weighted by molar-refractivity contribution is 8.93. The highest BCUT2D eigenvalue weighted by atomic mass is 79.9. The molecule has 0 aromatic rings. The second kappa shape index (κ2) is 9.40. The molecular weight excluding hydrogens is 194 g/mol. The lowest BCUT2D eigenvalue weighted by Gasteiger charge is -2.06. The van der Waals surface area contributed by atoms with E-state index in [1.165, 1.54) is 12.8 Å². The maximum atomic E-state index is 8.97. The van der Waals surface area contributed by atoms with E-state index in [9.17, 15) is 0 Å². The van der Waals surface area contributed by atoms with Crippen LogP contribution < -0.4 is 5.32 Å². The van der Waals surface area contributed by atoms with Gasteiger partial charge in [0, 0.05) is 0 Å². The van der Waals surface area contributed by atoms with Gasteiger partial charge in [0.25, 0.3) is 0 Å². The van der Waals surface area contributed by atoms with E-state index in [2.05, 4.69) is 12.2 Å². The fourth-order valence-corrected chi connectivity index (χ4v) is 0.732. The molecule has 2 N–H and O–H groups in total. The quantitative estimate of drug-likeness (QED) is 0.536. The summed E-state index contributed by atoms with van der Waals surface area (Å²) < 4.78 is 0. The molecule has 0 aliphatic carbocycles. The zero-order valence-electron chi connectivity index (χ0n) is 6.76. The summed E-state index contributed by atoms with van der Waals surface area (Å²) in [5, 5.41) is 11.8. The van der Waals surface area contributed by atoms with Crippen LogP contribution in [0.25, 0.3) is 0 Å². The summed E-state index contributed by atoms with van der Waals surface area (Å²) >= 11 is 0. The molecule has 0 aromatic carbocycles. The molecule has 2 nitrogen and oxygen atoms in total. The number of rotatable bonds is 5. The van der Waals surface area contributed by atoms with E-state index < -0.39 is 0 Å². The molecule has 0 rings (SSSR count). The van der Waals surface area contributed by atoms with E-state index in [4.69, 9.17) is 5.11 Å². The van der Waals surface area contributed by atoms with Gasteiger partial charge in [-0.25, -0.2) is 0 Å². The van der Waals surface area contributed by atoms with Crippen molar-refractivity contribution in [1.29, 1.82) is 0 Å². The Balaban J connectivity index is 0. The Labute approximate surface area is 73.8 Å². The Morgan fingerprint density at radius 3 is 2.40 bits per heavy atom. The molecule has 0 aliphatic rings. The fourth-order valence-electron chi connectivity index (χ4n) is 0.732. The number of unbranched alkanes of at least 4 members (excludes halogenated alkanes) is 2. The van der Waals surface area contributed by atoms with Gasteiger partial charge >= 0.3 is 0 Å². The summed E-state index contributed by atoms with van der Waals surface area (Å²) in [4.78, 5) is 0. The summed E-state index contributed by atoms with van der Waals surface area (Å²) in [7, 11) is 1.77. The topological polar surface area (TPSA) is 32.3 Å². The minimum atomic E-state index is -0.295. The van der Waals surface area contributed by atoms with Crippen molar-refractivity contribution in [2.75, 3.05) is 7.05 Å². The molecule has 10 heavy (non-hydrogen) atoms. The third-order valence-corrected chi connectivity index (χ3v) is 1.41. The van der Waals surface area contributed by atoms with Crippen LogP contribution in [0.5, 0.6) is 0 Å². The number of halogens is 1. The van der Waals surface area contributed by atoms with E-state index in [0.29, 0.717) is 0 Å². The zero-order chi connectivity index (χ0) is 7.11. The Hall–Kier alpha value is 0.400. The van der Waals surface area contributed by atoms with Crippen LogP contribution in [0, 0.1) is 0 Å². The van der Waals surface area contributed by atoms with Crippen LogP contribution in [0.1, 0.15) is 32.6 Å². The Morgan fingerprint density at radius 2 is 2.00 bits per heavy atom. The van der Waals surface area contributed by atoms with Crippen LogP contribution in [0.4, 0.5) is 0 Å². The summed E-state index contributed by atoms with van der Waals surface area (Å²) in [6, 6.07) is 0. The van der Waals surface area contributed by atoms with Crippen LogP contribution in [-0.4, -0.2) is 18.4 Å². The molecule has 1 atom stereocenters. The molecule has 0 amide bonds. The number of aliphatic hydroxyl groups is 1. The second-order valence-electron chi connectivity index (χ2n) is 2.30. The maximum absolute atomic E-state index is 8.97. The van der Waals surface area contributed by atoms with Crippen LogP contribution in [0.2, 0.25) is 0 Å². The minimum absolute atomic E-state index is 0. The van der Waals surface area contributed by atoms with Crippen molar-refractivity contribution in [3.05, 3.63) is 0 Å². The van der Waals surface area contributed by atoms with Gasteiger partial charge in [0.15, 0.2) is 0 Å². The lowest BCUT2D eigenvalue weighted by Crippen LogP contribution is -2.23. The monoisotopic (exact) mass is 211 g/mol. The van der Waals surface area contributed by atoms with Gasteiger partial charge in [0.2, 0.25) is 0 Å². The molecule has 64 valence electrons. The lowest BCUT2D eigenvalue weighted by atomic mass is 10.2. The van der Waals surface area contributed by atoms with E-state index >= 15 is 0 Å². The molecule has 0 saturated carbocycles. The van der Waals surface area contributed by atoms with E-state index in [1.54, 1.807) is 7.05 Å². The molecule has 0 aliphatic heterocycles. The van der Waals surface area contributed by atoms with Gasteiger partial charge in [0.1, 0.15) is 6.23 Å². The second-order valence-corrected chi connectivity index (χ2v) is 2.30. The minimum Gasteiger partial charge on any atom is -0.379 e. The van der Waals surface area contributed by atoms with Crippen molar-refractivity contribution in [3.8, 4) is 0 Å². The summed E-state index contributed by atoms with van der Waals surface area (Å²) in [6.45, 7) is 2.16. The van der Waals surface area contributed by atoms with Crippen molar-refractivity contribution in [3.63, 3.8) is 0 Å². The summed E-state index contributed by atoms with van der Waals surface area (Å²) in [5.41, 5.74) is 0. The first-order chi connectivity index (χ1) is 4.31. The first kappa shape index (κ1) is 13.0. The van der Waals surface area contributed by atoms with E-state index in [1.807, 2.05) is 0 Å². The predicted molar refractivity (Wildman–Crippen MR) is 49.5 cm³/mol. The zero-order valence-corrected chi connectivity index (χ0v) is 8.47. The van der Waals surface area contributed by atoms with E-state index in [0.717, 1.165) is 12.8 Å². The fraction of sp³-hybridized carbons (Fsp3) is 1.00. The highest BCUT2D eigenvalue weighted by Crippen LogP contribution is 2.00. The van der Waals surface area contributed by atoms with Crippen molar-refractivity contribution in [1.82, 2.24) is 5.32 Å². The van der Waals surface area contributed by atoms with Crippen LogP contribution in [0.15, 0.2) is 0 Å². The van der Waals surface area contributed by atoms with Crippen LogP contribution in [-0.2, 0) is 0 Å². The van der Waals surface area contributed by atoms with Gasteiger partial charge in [0.05, 0.1) is 0 Å². The Kier molecular flexibility index (Phi) is 12.2. The van der Waals surface area contributed by atoms with Crippen molar-refractivity contribution >= 4 is 17.0 Å². The van der Waals surface area contributed by atoms with Crippen LogP contribution >= 0.6 is 17.0 Å². The average Bonchev–Trinajstić information content (AvgIpc) is 1.89. The molecule has 0 spiro atoms. The third-order valence-electron chi connectivity index (χ3n) is 1.41. The lowest BCUT2D eigenvalue weighted by molar-refractivity contribution is 0.134. The van der Waals surface area contributed by atoms with Gasteiger partial charge < -0.3 is 5.11 Å². The molecule has 0 aromatic heterocycles. The highest BCUT2D eigenvalue weighted by Gasteiger charge is 1.96. The first-order valence-electron chi connectivity index (χ1n) is 3.66. The smallest absolute Gasteiger partial charge is 0.104 e. The predicted octanol–water partition coefficient (Wildman–Crippen LogP) is 1.68. The summed E-state index contributed by atoms with van der Waals surface area (Å²) in [6.07, 6.45) is 4.15. The van der Waals surface area contributed by atoms with Gasteiger partial charge in [-0.1, -0.05) is 19.8 Å². The van der Waals surface area contributed by atoms with Crippen LogP contribution in [0.3, 0.4) is 0 Å². The molecule has 1 unspecified atom stereocenters. The molecular formula is C7H18BrNO. The van der Waals surface area contributed by atoms with Crippen molar-refractivity contribution in [2.45, 2.75) is 38.8 Å². The van der Waals surface area contributed by atoms with Gasteiger partial charge in [-0.2, -0.15) is 0 Å². The molecule has 0 bridgehead atoms. The molecule has 0 saturated heterocycles. The average molecular weight is 212 g/mol. The molecule has 3 heteroatoms. The SMILES string of the molecule is Br.CCCCCC(O)NC. The van der Waals surface area contributed by atoms with Gasteiger partial charge in [-0.15, -0.1) is 17.0 Å². The van der Waals surface area contributed by atoms with Gasteiger partial charge in [-0.05, 0) is 19.9 Å². The number of hydrogen-bond donors (Lipinski definition) is 2. The third kappa shape index (κ3) is 8.40. The standard InChI is InChI=1S/C7H17NO.BrH/c1-3-4-5-6-7(9)8-2;/h7-9H,3-6H2,1-2H3;1H. The first-order valence-corrected chi connectivity index (χ1v) is 3.66. The van der Waals surface area contributed by atoms with E-state index in [-0.39, 0.29) is 23.2 Å². The normalized spacial score (nSPS) is 12.3. The van der Waals surface area contributed by atoms with Crippen molar-refractivity contribution in [2.24, 2.45) is 0 Å². The van der Waals surface area contributed by atoms with Crippen molar-refractivity contribution < 1.29 is 5.11 Å². The maximum Gasteiger partial charge on any atom is 0.104 e.